The van der Waals surface area contributed by atoms with Gasteiger partial charge in [-0.2, -0.15) is 9.36 Å². The van der Waals surface area contributed by atoms with Crippen molar-refractivity contribution in [1.29, 1.82) is 0 Å². The van der Waals surface area contributed by atoms with Crippen LogP contribution in [-0.4, -0.2) is 33.3 Å². The number of nitrogens with zero attached hydrogens (tertiary/aromatic N) is 3. The second-order valence-corrected chi connectivity index (χ2v) is 8.10. The molecule has 0 bridgehead atoms. The Labute approximate surface area is 173 Å². The van der Waals surface area contributed by atoms with Crippen molar-refractivity contribution in [3.8, 4) is 10.9 Å². The van der Waals surface area contributed by atoms with Gasteiger partial charge in [0.25, 0.3) is 11.1 Å². The number of amides is 1. The van der Waals surface area contributed by atoms with Crippen LogP contribution in [0, 0.1) is 11.7 Å². The Kier molecular flexibility index (Phi) is 5.85. The number of hydrogen-bond donors (Lipinski definition) is 0. The van der Waals surface area contributed by atoms with E-state index < -0.39 is 0 Å². The zero-order valence-electron chi connectivity index (χ0n) is 16.2. The van der Waals surface area contributed by atoms with Crippen LogP contribution in [0.3, 0.4) is 0 Å². The van der Waals surface area contributed by atoms with Crippen molar-refractivity contribution in [3.05, 3.63) is 71.3 Å². The van der Waals surface area contributed by atoms with Gasteiger partial charge in [0.1, 0.15) is 11.6 Å². The third-order valence-electron chi connectivity index (χ3n) is 5.10. The largest absolute Gasteiger partial charge is 0.430 e. The number of rotatable bonds is 5. The van der Waals surface area contributed by atoms with Crippen molar-refractivity contribution in [2.24, 2.45) is 5.92 Å². The van der Waals surface area contributed by atoms with Gasteiger partial charge in [0, 0.05) is 36.6 Å². The molecule has 3 aromatic rings. The van der Waals surface area contributed by atoms with Crippen LogP contribution >= 0.6 is 11.5 Å². The molecule has 2 heterocycles. The molecule has 1 aliphatic heterocycles. The predicted octanol–water partition coefficient (Wildman–Crippen LogP) is 4.93. The zero-order valence-corrected chi connectivity index (χ0v) is 17.0. The lowest BCUT2D eigenvalue weighted by Crippen LogP contribution is -2.37. The summed E-state index contributed by atoms with van der Waals surface area (Å²) in [5, 5.41) is 0.436. The average molecular weight is 412 g/mol. The van der Waals surface area contributed by atoms with Gasteiger partial charge in [0.05, 0.1) is 0 Å². The first kappa shape index (κ1) is 19.5. The van der Waals surface area contributed by atoms with Gasteiger partial charge in [0.2, 0.25) is 0 Å². The van der Waals surface area contributed by atoms with Gasteiger partial charge in [-0.25, -0.2) is 4.39 Å². The Morgan fingerprint density at radius 1 is 1.14 bits per heavy atom. The summed E-state index contributed by atoms with van der Waals surface area (Å²) < 4.78 is 23.1. The molecular formula is C22H22FN3O2S. The van der Waals surface area contributed by atoms with Gasteiger partial charge in [-0.05, 0) is 60.7 Å². The lowest BCUT2D eigenvalue weighted by Gasteiger charge is -2.30. The van der Waals surface area contributed by atoms with Crippen molar-refractivity contribution in [1.82, 2.24) is 14.3 Å². The van der Waals surface area contributed by atoms with E-state index in [1.807, 2.05) is 4.90 Å². The van der Waals surface area contributed by atoms with E-state index in [1.54, 1.807) is 36.4 Å². The predicted molar refractivity (Wildman–Crippen MR) is 110 cm³/mol. The number of carbonyl (C=O) groups excluding carboxylic acids is 1. The van der Waals surface area contributed by atoms with E-state index in [9.17, 15) is 9.18 Å². The van der Waals surface area contributed by atoms with Crippen molar-refractivity contribution >= 4 is 17.4 Å². The van der Waals surface area contributed by atoms with E-state index >= 15 is 0 Å². The normalized spacial score (nSPS) is 14.8. The van der Waals surface area contributed by atoms with Gasteiger partial charge in [0.15, 0.2) is 5.82 Å². The fourth-order valence-electron chi connectivity index (χ4n) is 3.30. The molecule has 29 heavy (non-hydrogen) atoms. The zero-order chi connectivity index (χ0) is 20.2. The van der Waals surface area contributed by atoms with Crippen LogP contribution < -0.4 is 4.74 Å². The smallest absolute Gasteiger partial charge is 0.298 e. The molecule has 5 nitrogen and oxygen atoms in total. The Balaban J connectivity index is 1.36. The van der Waals surface area contributed by atoms with E-state index in [0.717, 1.165) is 31.5 Å². The number of halogens is 1. The number of ether oxygens (including phenoxy) is 1. The highest BCUT2D eigenvalue weighted by Crippen LogP contribution is 2.25. The molecule has 0 radical (unpaired) electrons. The quantitative estimate of drug-likeness (QED) is 0.597. The maximum Gasteiger partial charge on any atom is 0.298 e. The van der Waals surface area contributed by atoms with Gasteiger partial charge < -0.3 is 9.64 Å². The molecule has 0 atom stereocenters. The highest BCUT2D eigenvalue weighted by molar-refractivity contribution is 7.07. The van der Waals surface area contributed by atoms with E-state index in [-0.39, 0.29) is 11.7 Å². The first-order chi connectivity index (χ1) is 14.1. The Morgan fingerprint density at radius 2 is 1.83 bits per heavy atom. The van der Waals surface area contributed by atoms with E-state index in [0.29, 0.717) is 34.7 Å². The van der Waals surface area contributed by atoms with E-state index in [2.05, 4.69) is 16.3 Å². The molecule has 2 aromatic carbocycles. The summed E-state index contributed by atoms with van der Waals surface area (Å²) in [6.07, 6.45) is 2.64. The number of benzene rings is 2. The summed E-state index contributed by atoms with van der Waals surface area (Å²) in [4.78, 5) is 18.9. The topological polar surface area (TPSA) is 55.3 Å². The number of piperidine rings is 1. The molecule has 4 rings (SSSR count). The number of carbonyl (C=O) groups is 1. The molecule has 0 N–H and O–H groups in total. The van der Waals surface area contributed by atoms with Crippen LogP contribution in [0.25, 0.3) is 0 Å². The minimum absolute atomic E-state index is 0.0703. The summed E-state index contributed by atoms with van der Waals surface area (Å²) in [5.74, 6) is 1.73. The molecule has 1 aliphatic rings. The molecule has 0 saturated carbocycles. The number of aromatic nitrogens is 2. The molecule has 7 heteroatoms. The molecule has 0 aliphatic carbocycles. The highest BCUT2D eigenvalue weighted by Gasteiger charge is 2.21. The molecule has 0 unspecified atom stereocenters. The molecule has 1 saturated heterocycles. The van der Waals surface area contributed by atoms with Crippen molar-refractivity contribution in [3.63, 3.8) is 0 Å². The molecule has 0 spiro atoms. The van der Waals surface area contributed by atoms with Crippen LogP contribution in [-0.2, 0) is 6.42 Å². The monoisotopic (exact) mass is 411 g/mol. The lowest BCUT2D eigenvalue weighted by atomic mass is 9.98. The van der Waals surface area contributed by atoms with Crippen LogP contribution in [0.4, 0.5) is 4.39 Å². The van der Waals surface area contributed by atoms with Crippen LogP contribution in [0.15, 0.2) is 48.5 Å². The van der Waals surface area contributed by atoms with Crippen LogP contribution in [0.5, 0.6) is 10.9 Å². The minimum Gasteiger partial charge on any atom is -0.430 e. The lowest BCUT2D eigenvalue weighted by molar-refractivity contribution is 0.0697. The van der Waals surface area contributed by atoms with E-state index in [1.165, 1.54) is 23.7 Å². The molecular weight excluding hydrogens is 389 g/mol. The maximum absolute atomic E-state index is 13.0. The first-order valence-electron chi connectivity index (χ1n) is 9.71. The Bertz CT molecular complexity index is 964. The van der Waals surface area contributed by atoms with Gasteiger partial charge in [-0.1, -0.05) is 19.1 Å². The first-order valence-corrected chi connectivity index (χ1v) is 10.5. The van der Waals surface area contributed by atoms with Gasteiger partial charge >= 0.3 is 0 Å². The standard InChI is InChI=1S/C22H22FN3O2S/c1-15-10-12-26(13-11-15)21(27)17-4-8-19(9-5-17)28-22-24-20(25-29-22)14-16-2-6-18(23)7-3-16/h2-9,15H,10-14H2,1H3. The second kappa shape index (κ2) is 8.69. The van der Waals surface area contributed by atoms with Crippen molar-refractivity contribution in [2.45, 2.75) is 26.2 Å². The molecule has 1 aromatic heterocycles. The summed E-state index contributed by atoms with van der Waals surface area (Å²) in [6.45, 7) is 3.87. The maximum atomic E-state index is 13.0. The number of hydrogen-bond acceptors (Lipinski definition) is 5. The molecule has 150 valence electrons. The minimum atomic E-state index is -0.263. The van der Waals surface area contributed by atoms with E-state index in [4.69, 9.17) is 4.74 Å². The fraction of sp³-hybridized carbons (Fsp3) is 0.318. The second-order valence-electron chi connectivity index (χ2n) is 7.38. The summed E-state index contributed by atoms with van der Waals surface area (Å²) in [5.41, 5.74) is 1.60. The SMILES string of the molecule is CC1CCN(C(=O)c2ccc(Oc3nc(Cc4ccc(F)cc4)ns3)cc2)CC1. The highest BCUT2D eigenvalue weighted by atomic mass is 32.1. The van der Waals surface area contributed by atoms with Gasteiger partial charge in [-0.3, -0.25) is 4.79 Å². The summed E-state index contributed by atoms with van der Waals surface area (Å²) in [6, 6.07) is 13.4. The number of likely N-dealkylation sites (tertiary alicyclic amines) is 1. The Morgan fingerprint density at radius 3 is 2.52 bits per heavy atom. The van der Waals surface area contributed by atoms with Crippen LogP contribution in [0.1, 0.15) is 41.5 Å². The Hall–Kier alpha value is -2.80. The van der Waals surface area contributed by atoms with Crippen molar-refractivity contribution < 1.29 is 13.9 Å². The molecule has 1 amide bonds. The third kappa shape index (κ3) is 4.98. The summed E-state index contributed by atoms with van der Waals surface area (Å²) >= 11 is 1.17. The summed E-state index contributed by atoms with van der Waals surface area (Å²) in [7, 11) is 0. The molecule has 1 fully saturated rings. The van der Waals surface area contributed by atoms with Crippen molar-refractivity contribution in [2.75, 3.05) is 13.1 Å². The fourth-order valence-corrected chi connectivity index (χ4v) is 3.87. The van der Waals surface area contributed by atoms with Crippen LogP contribution in [0.2, 0.25) is 0 Å². The third-order valence-corrected chi connectivity index (χ3v) is 5.74. The average Bonchev–Trinajstić information content (AvgIpc) is 3.17. The van der Waals surface area contributed by atoms with Gasteiger partial charge in [-0.15, -0.1) is 0 Å².